The monoisotopic (exact) mass is 409 g/mol. The summed E-state index contributed by atoms with van der Waals surface area (Å²) < 4.78 is 39.8. The second-order valence-electron chi connectivity index (χ2n) is 7.71. The van der Waals surface area contributed by atoms with Crippen molar-refractivity contribution in [2.24, 2.45) is 0 Å². The van der Waals surface area contributed by atoms with E-state index in [-0.39, 0.29) is 0 Å². The molecule has 4 rings (SSSR count). The van der Waals surface area contributed by atoms with E-state index in [2.05, 4.69) is 16.1 Å². The number of hydrogen-bond acceptors (Lipinski definition) is 3. The molecule has 0 atom stereocenters. The van der Waals surface area contributed by atoms with Gasteiger partial charge in [0.1, 0.15) is 0 Å². The number of fused-ring (bicyclic) bond motifs is 1. The van der Waals surface area contributed by atoms with Crippen molar-refractivity contribution in [1.29, 1.82) is 5.26 Å². The first kappa shape index (κ1) is 20.2. The predicted molar refractivity (Wildman–Crippen MR) is 112 cm³/mol. The van der Waals surface area contributed by atoms with Gasteiger partial charge in [-0.3, -0.25) is 0 Å². The van der Waals surface area contributed by atoms with E-state index in [0.29, 0.717) is 23.2 Å². The number of benzene rings is 3. The molecule has 1 fully saturated rings. The number of hydrazine groups is 1. The van der Waals surface area contributed by atoms with Gasteiger partial charge in [0.25, 0.3) is 0 Å². The molecule has 0 spiro atoms. The minimum Gasteiger partial charge on any atom is -0.305 e. The number of halogens is 3. The van der Waals surface area contributed by atoms with Crippen LogP contribution in [0.3, 0.4) is 0 Å². The van der Waals surface area contributed by atoms with Crippen LogP contribution in [0.5, 0.6) is 0 Å². The van der Waals surface area contributed by atoms with Crippen molar-refractivity contribution in [3.8, 4) is 6.07 Å². The zero-order chi connectivity index (χ0) is 21.3. The molecule has 0 saturated carbocycles. The number of aryl methyl sites for hydroxylation is 1. The molecule has 1 aliphatic heterocycles. The highest BCUT2D eigenvalue weighted by Crippen LogP contribution is 2.34. The fourth-order valence-electron chi connectivity index (χ4n) is 4.19. The van der Waals surface area contributed by atoms with Crippen LogP contribution >= 0.6 is 0 Å². The molecule has 30 heavy (non-hydrogen) atoms. The lowest BCUT2D eigenvalue weighted by Gasteiger charge is -2.41. The Morgan fingerprint density at radius 3 is 2.43 bits per heavy atom. The first-order valence-electron chi connectivity index (χ1n) is 9.99. The van der Waals surface area contributed by atoms with E-state index in [1.54, 1.807) is 6.92 Å². The quantitative estimate of drug-likeness (QED) is 0.527. The van der Waals surface area contributed by atoms with Crippen LogP contribution in [0.25, 0.3) is 10.8 Å². The molecule has 3 aromatic rings. The van der Waals surface area contributed by atoms with Crippen LogP contribution in [-0.4, -0.2) is 18.1 Å². The van der Waals surface area contributed by atoms with E-state index in [1.165, 1.54) is 12.1 Å². The molecule has 1 heterocycles. The fourth-order valence-corrected chi connectivity index (χ4v) is 4.19. The lowest BCUT2D eigenvalue weighted by molar-refractivity contribution is -0.137. The molecular weight excluding hydrogens is 387 g/mol. The zero-order valence-electron chi connectivity index (χ0n) is 16.7. The summed E-state index contributed by atoms with van der Waals surface area (Å²) in [5.74, 6) is 0. The van der Waals surface area contributed by atoms with Gasteiger partial charge in [0.15, 0.2) is 0 Å². The summed E-state index contributed by atoms with van der Waals surface area (Å²) in [4.78, 5) is 0. The van der Waals surface area contributed by atoms with Gasteiger partial charge in [-0.05, 0) is 49.6 Å². The minimum atomic E-state index is -4.36. The van der Waals surface area contributed by atoms with E-state index < -0.39 is 11.7 Å². The Labute approximate surface area is 173 Å². The number of anilines is 1. The fraction of sp³-hybridized carbons (Fsp3) is 0.292. The molecule has 154 valence electrons. The van der Waals surface area contributed by atoms with Gasteiger partial charge < -0.3 is 5.01 Å². The molecule has 3 aromatic carbocycles. The van der Waals surface area contributed by atoms with Crippen LogP contribution in [0.4, 0.5) is 18.9 Å². The number of rotatable bonds is 3. The maximum atomic E-state index is 13.3. The van der Waals surface area contributed by atoms with Crippen LogP contribution in [0, 0.1) is 18.3 Å². The van der Waals surface area contributed by atoms with Crippen molar-refractivity contribution in [3.63, 3.8) is 0 Å². The van der Waals surface area contributed by atoms with Crippen molar-refractivity contribution in [3.05, 3.63) is 76.9 Å². The molecular formula is C24H22F3N3. The summed E-state index contributed by atoms with van der Waals surface area (Å²) in [7, 11) is 0. The van der Waals surface area contributed by atoms with Crippen molar-refractivity contribution in [2.45, 2.75) is 32.5 Å². The highest BCUT2D eigenvalue weighted by molar-refractivity contribution is 5.97. The molecule has 0 aliphatic carbocycles. The molecule has 1 saturated heterocycles. The Morgan fingerprint density at radius 1 is 0.967 bits per heavy atom. The van der Waals surface area contributed by atoms with Gasteiger partial charge in [0.05, 0.1) is 22.9 Å². The third kappa shape index (κ3) is 3.99. The molecule has 0 aromatic heterocycles. The highest BCUT2D eigenvalue weighted by atomic mass is 19.4. The van der Waals surface area contributed by atoms with Gasteiger partial charge in [-0.15, -0.1) is 0 Å². The predicted octanol–water partition coefficient (Wildman–Crippen LogP) is 6.06. The number of nitrogens with zero attached hydrogens (tertiary/aromatic N) is 3. The summed E-state index contributed by atoms with van der Waals surface area (Å²) in [6, 6.07) is 18.0. The van der Waals surface area contributed by atoms with E-state index in [9.17, 15) is 18.4 Å². The lowest BCUT2D eigenvalue weighted by atomic mass is 10.0. The van der Waals surface area contributed by atoms with Gasteiger partial charge in [-0.25, -0.2) is 5.01 Å². The minimum absolute atomic E-state index is 0.402. The molecule has 0 bridgehead atoms. The average Bonchev–Trinajstić information content (AvgIpc) is 2.72. The van der Waals surface area contributed by atoms with E-state index in [1.807, 2.05) is 42.5 Å². The summed E-state index contributed by atoms with van der Waals surface area (Å²) in [6.07, 6.45) is -2.36. The number of hydrogen-bond donors (Lipinski definition) is 0. The van der Waals surface area contributed by atoms with Crippen molar-refractivity contribution in [1.82, 2.24) is 5.01 Å². The first-order chi connectivity index (χ1) is 14.4. The van der Waals surface area contributed by atoms with Crippen LogP contribution in [0.1, 0.15) is 35.1 Å². The van der Waals surface area contributed by atoms with Crippen LogP contribution in [-0.2, 0) is 12.7 Å². The van der Waals surface area contributed by atoms with Crippen LogP contribution < -0.4 is 5.01 Å². The maximum Gasteiger partial charge on any atom is 0.416 e. The molecule has 1 aliphatic rings. The van der Waals surface area contributed by atoms with Gasteiger partial charge in [0.2, 0.25) is 0 Å². The smallest absolute Gasteiger partial charge is 0.305 e. The molecule has 0 radical (unpaired) electrons. The summed E-state index contributed by atoms with van der Waals surface area (Å²) in [6.45, 7) is 3.65. The standard InChI is InChI=1S/C24H22F3N3/c1-17-12-18(14-20(13-17)24(25,26)27)16-29-10-4-5-11-30(29)23-9-8-19(15-28)21-6-2-3-7-22(21)23/h2-3,6-9,12-14H,4-5,10-11,16H2,1H3. The summed E-state index contributed by atoms with van der Waals surface area (Å²) in [5.41, 5.74) is 2.24. The second-order valence-corrected chi connectivity index (χ2v) is 7.71. The molecule has 0 amide bonds. The maximum absolute atomic E-state index is 13.3. The van der Waals surface area contributed by atoms with Crippen LogP contribution in [0.15, 0.2) is 54.6 Å². The molecule has 0 N–H and O–H groups in total. The van der Waals surface area contributed by atoms with Crippen molar-refractivity contribution in [2.75, 3.05) is 18.1 Å². The number of alkyl halides is 3. The van der Waals surface area contributed by atoms with Crippen molar-refractivity contribution >= 4 is 16.5 Å². The second kappa shape index (κ2) is 8.00. The topological polar surface area (TPSA) is 30.3 Å². The Hall–Kier alpha value is -3.04. The Bertz CT molecular complexity index is 1110. The average molecular weight is 409 g/mol. The Balaban J connectivity index is 1.71. The normalized spacial score (nSPS) is 15.4. The van der Waals surface area contributed by atoms with Gasteiger partial charge in [-0.2, -0.15) is 18.4 Å². The molecule has 6 heteroatoms. The van der Waals surface area contributed by atoms with Crippen molar-refractivity contribution < 1.29 is 13.2 Å². The Kier molecular flexibility index (Phi) is 5.40. The van der Waals surface area contributed by atoms with E-state index in [0.717, 1.165) is 42.4 Å². The third-order valence-electron chi connectivity index (χ3n) is 5.51. The largest absolute Gasteiger partial charge is 0.416 e. The molecule has 0 unspecified atom stereocenters. The van der Waals surface area contributed by atoms with Gasteiger partial charge >= 0.3 is 6.18 Å². The first-order valence-corrected chi connectivity index (χ1v) is 9.99. The SMILES string of the molecule is Cc1cc(CN2CCCCN2c2ccc(C#N)c3ccccc23)cc(C(F)(F)F)c1. The van der Waals surface area contributed by atoms with Gasteiger partial charge in [0, 0.05) is 30.4 Å². The van der Waals surface area contributed by atoms with E-state index in [4.69, 9.17) is 0 Å². The van der Waals surface area contributed by atoms with Crippen LogP contribution in [0.2, 0.25) is 0 Å². The zero-order valence-corrected chi connectivity index (χ0v) is 16.7. The highest BCUT2D eigenvalue weighted by Gasteiger charge is 2.31. The summed E-state index contributed by atoms with van der Waals surface area (Å²) in [5, 5.41) is 15.6. The Morgan fingerprint density at radius 2 is 1.70 bits per heavy atom. The third-order valence-corrected chi connectivity index (χ3v) is 5.51. The molecule has 3 nitrogen and oxygen atoms in total. The number of nitriles is 1. The van der Waals surface area contributed by atoms with E-state index >= 15 is 0 Å². The summed E-state index contributed by atoms with van der Waals surface area (Å²) >= 11 is 0. The lowest BCUT2D eigenvalue weighted by Crippen LogP contribution is -2.47. The van der Waals surface area contributed by atoms with Gasteiger partial charge in [-0.1, -0.05) is 35.9 Å².